The molecule has 0 atom stereocenters. The zero-order valence-electron chi connectivity index (χ0n) is 9.24. The van der Waals surface area contributed by atoms with Gasteiger partial charge in [-0.15, -0.1) is 0 Å². The van der Waals surface area contributed by atoms with Gasteiger partial charge in [0.25, 0.3) is 5.91 Å². The van der Waals surface area contributed by atoms with E-state index >= 15 is 0 Å². The minimum atomic E-state index is -0.0419. The van der Waals surface area contributed by atoms with E-state index in [9.17, 15) is 4.79 Å². The van der Waals surface area contributed by atoms with Crippen LogP contribution in [-0.2, 0) is 0 Å². The summed E-state index contributed by atoms with van der Waals surface area (Å²) in [5, 5.41) is 2.96. The summed E-state index contributed by atoms with van der Waals surface area (Å²) in [4.78, 5) is 12.3. The molecular formula is C11H17N3OS. The van der Waals surface area contributed by atoms with E-state index in [1.54, 1.807) is 6.07 Å². The molecule has 0 bridgehead atoms. The average Bonchev–Trinajstić information content (AvgIpc) is 2.74. The standard InChI is InChI=1S/C11H17N3OS/c12-10-6-9(16-14-10)11(15)13-7-8-4-2-1-3-5-8/h6,8H,1-5,7H2,(H2,12,14)(H,13,15). The molecule has 1 aromatic heterocycles. The first-order chi connectivity index (χ1) is 7.75. The van der Waals surface area contributed by atoms with Gasteiger partial charge in [0.1, 0.15) is 10.7 Å². The molecule has 1 aromatic rings. The van der Waals surface area contributed by atoms with E-state index in [-0.39, 0.29) is 5.91 Å². The molecule has 1 amide bonds. The molecule has 1 saturated carbocycles. The molecule has 16 heavy (non-hydrogen) atoms. The Morgan fingerprint density at radius 3 is 2.88 bits per heavy atom. The van der Waals surface area contributed by atoms with E-state index in [1.807, 2.05) is 0 Å². The van der Waals surface area contributed by atoms with Crippen LogP contribution in [0.3, 0.4) is 0 Å². The third-order valence-corrected chi connectivity index (χ3v) is 3.83. The number of hydrogen-bond acceptors (Lipinski definition) is 4. The normalized spacial score (nSPS) is 17.2. The van der Waals surface area contributed by atoms with Crippen LogP contribution < -0.4 is 11.1 Å². The van der Waals surface area contributed by atoms with Crippen molar-refractivity contribution in [1.82, 2.24) is 9.69 Å². The van der Waals surface area contributed by atoms with Crippen molar-refractivity contribution in [1.29, 1.82) is 0 Å². The predicted molar refractivity (Wildman–Crippen MR) is 65.4 cm³/mol. The van der Waals surface area contributed by atoms with Crippen molar-refractivity contribution in [3.63, 3.8) is 0 Å². The average molecular weight is 239 g/mol. The van der Waals surface area contributed by atoms with E-state index in [4.69, 9.17) is 5.73 Å². The molecule has 3 N–H and O–H groups in total. The van der Waals surface area contributed by atoms with Crippen LogP contribution in [0.5, 0.6) is 0 Å². The van der Waals surface area contributed by atoms with Crippen molar-refractivity contribution in [3.05, 3.63) is 10.9 Å². The van der Waals surface area contributed by atoms with Crippen LogP contribution in [0, 0.1) is 5.92 Å². The number of aromatic nitrogens is 1. The first-order valence-electron chi connectivity index (χ1n) is 5.76. The van der Waals surface area contributed by atoms with Gasteiger partial charge in [0, 0.05) is 12.6 Å². The highest BCUT2D eigenvalue weighted by molar-refractivity contribution is 7.08. The summed E-state index contributed by atoms with van der Waals surface area (Å²) in [6.45, 7) is 0.788. The fourth-order valence-corrected chi connectivity index (χ4v) is 2.70. The lowest BCUT2D eigenvalue weighted by Crippen LogP contribution is -2.29. The number of nitrogens with zero attached hydrogens (tertiary/aromatic N) is 1. The van der Waals surface area contributed by atoms with E-state index in [0.717, 1.165) is 18.1 Å². The number of carbonyl (C=O) groups excluding carboxylic acids is 1. The molecular weight excluding hydrogens is 222 g/mol. The maximum atomic E-state index is 11.7. The predicted octanol–water partition coefficient (Wildman–Crippen LogP) is 2.04. The molecule has 1 heterocycles. The van der Waals surface area contributed by atoms with Gasteiger partial charge in [-0.2, -0.15) is 4.37 Å². The van der Waals surface area contributed by atoms with E-state index in [2.05, 4.69) is 9.69 Å². The van der Waals surface area contributed by atoms with Crippen molar-refractivity contribution in [3.8, 4) is 0 Å². The Kier molecular flexibility index (Phi) is 3.77. The van der Waals surface area contributed by atoms with Crippen LogP contribution in [0.25, 0.3) is 0 Å². The molecule has 0 unspecified atom stereocenters. The minimum Gasteiger partial charge on any atom is -0.383 e. The highest BCUT2D eigenvalue weighted by atomic mass is 32.1. The van der Waals surface area contributed by atoms with Crippen molar-refractivity contribution < 1.29 is 4.79 Å². The van der Waals surface area contributed by atoms with Crippen molar-refractivity contribution in [2.45, 2.75) is 32.1 Å². The Morgan fingerprint density at radius 1 is 1.50 bits per heavy atom. The fraction of sp³-hybridized carbons (Fsp3) is 0.636. The molecule has 1 fully saturated rings. The van der Waals surface area contributed by atoms with Gasteiger partial charge in [0.05, 0.1) is 0 Å². The SMILES string of the molecule is Nc1cc(C(=O)NCC2CCCCC2)sn1. The van der Waals surface area contributed by atoms with E-state index in [0.29, 0.717) is 16.6 Å². The van der Waals surface area contributed by atoms with Crippen molar-refractivity contribution >= 4 is 23.3 Å². The summed E-state index contributed by atoms with van der Waals surface area (Å²) in [5.41, 5.74) is 5.47. The van der Waals surface area contributed by atoms with Crippen LogP contribution >= 0.6 is 11.5 Å². The largest absolute Gasteiger partial charge is 0.383 e. The quantitative estimate of drug-likeness (QED) is 0.848. The van der Waals surface area contributed by atoms with Crippen LogP contribution in [0.15, 0.2) is 6.07 Å². The Labute approximate surface area is 99.4 Å². The van der Waals surface area contributed by atoms with Gasteiger partial charge in [-0.05, 0) is 30.3 Å². The molecule has 0 radical (unpaired) electrons. The second-order valence-corrected chi connectivity index (χ2v) is 5.14. The van der Waals surface area contributed by atoms with Gasteiger partial charge in [0.15, 0.2) is 0 Å². The number of hydrogen-bond donors (Lipinski definition) is 2. The summed E-state index contributed by atoms with van der Waals surface area (Å²) in [5.74, 6) is 1.04. The van der Waals surface area contributed by atoms with Crippen LogP contribution in [0.4, 0.5) is 5.82 Å². The maximum absolute atomic E-state index is 11.7. The fourth-order valence-electron chi connectivity index (χ4n) is 2.11. The highest BCUT2D eigenvalue weighted by Crippen LogP contribution is 2.23. The van der Waals surface area contributed by atoms with Gasteiger partial charge in [-0.3, -0.25) is 4.79 Å². The lowest BCUT2D eigenvalue weighted by molar-refractivity contribution is 0.0947. The Hall–Kier alpha value is -1.10. The molecule has 4 nitrogen and oxygen atoms in total. The lowest BCUT2D eigenvalue weighted by atomic mass is 9.89. The van der Waals surface area contributed by atoms with Crippen molar-refractivity contribution in [2.75, 3.05) is 12.3 Å². The zero-order chi connectivity index (χ0) is 11.4. The summed E-state index contributed by atoms with van der Waals surface area (Å²) in [6.07, 6.45) is 6.42. The highest BCUT2D eigenvalue weighted by Gasteiger charge is 2.15. The number of anilines is 1. The van der Waals surface area contributed by atoms with Gasteiger partial charge >= 0.3 is 0 Å². The van der Waals surface area contributed by atoms with Crippen LogP contribution in [0.1, 0.15) is 41.8 Å². The number of rotatable bonds is 3. The molecule has 0 spiro atoms. The van der Waals surface area contributed by atoms with Gasteiger partial charge in [-0.25, -0.2) is 0 Å². The number of nitrogens with two attached hydrogens (primary N) is 1. The summed E-state index contributed by atoms with van der Waals surface area (Å²) in [6, 6.07) is 1.63. The Balaban J connectivity index is 1.79. The van der Waals surface area contributed by atoms with Gasteiger partial charge in [0.2, 0.25) is 0 Å². The number of amides is 1. The molecule has 0 saturated heterocycles. The van der Waals surface area contributed by atoms with Crippen molar-refractivity contribution in [2.24, 2.45) is 5.92 Å². The molecule has 5 heteroatoms. The second-order valence-electron chi connectivity index (χ2n) is 4.33. The molecule has 0 aromatic carbocycles. The number of nitrogen functional groups attached to an aromatic ring is 1. The first kappa shape index (κ1) is 11.4. The summed E-state index contributed by atoms with van der Waals surface area (Å²) < 4.78 is 3.89. The third-order valence-electron chi connectivity index (χ3n) is 3.03. The van der Waals surface area contributed by atoms with Gasteiger partial charge in [-0.1, -0.05) is 19.3 Å². The molecule has 0 aliphatic heterocycles. The van der Waals surface area contributed by atoms with Crippen LogP contribution in [-0.4, -0.2) is 16.8 Å². The smallest absolute Gasteiger partial charge is 0.263 e. The monoisotopic (exact) mass is 239 g/mol. The maximum Gasteiger partial charge on any atom is 0.263 e. The Morgan fingerprint density at radius 2 is 2.25 bits per heavy atom. The molecule has 2 rings (SSSR count). The molecule has 1 aliphatic carbocycles. The minimum absolute atomic E-state index is 0.0419. The third kappa shape index (κ3) is 2.95. The van der Waals surface area contributed by atoms with E-state index in [1.165, 1.54) is 32.1 Å². The van der Waals surface area contributed by atoms with Crippen LogP contribution in [0.2, 0.25) is 0 Å². The van der Waals surface area contributed by atoms with E-state index < -0.39 is 0 Å². The number of carbonyl (C=O) groups is 1. The summed E-state index contributed by atoms with van der Waals surface area (Å²) in [7, 11) is 0. The summed E-state index contributed by atoms with van der Waals surface area (Å²) >= 11 is 1.16. The lowest BCUT2D eigenvalue weighted by Gasteiger charge is -2.21. The molecule has 1 aliphatic rings. The topological polar surface area (TPSA) is 68.0 Å². The number of nitrogens with one attached hydrogen (secondary N) is 1. The molecule has 88 valence electrons. The zero-order valence-corrected chi connectivity index (χ0v) is 10.1. The Bertz CT molecular complexity index is 358. The van der Waals surface area contributed by atoms with Gasteiger partial charge < -0.3 is 11.1 Å². The first-order valence-corrected chi connectivity index (χ1v) is 6.53. The second kappa shape index (κ2) is 5.30.